The van der Waals surface area contributed by atoms with Gasteiger partial charge in [0.2, 0.25) is 5.91 Å². The first kappa shape index (κ1) is 14.8. The Morgan fingerprint density at radius 2 is 2.17 bits per heavy atom. The molecule has 0 saturated carbocycles. The van der Waals surface area contributed by atoms with E-state index < -0.39 is 0 Å². The molecule has 0 bridgehead atoms. The summed E-state index contributed by atoms with van der Waals surface area (Å²) in [6.45, 7) is 5.45. The third-order valence-corrected chi connectivity index (χ3v) is 2.79. The number of amides is 1. The van der Waals surface area contributed by atoms with Gasteiger partial charge in [0, 0.05) is 13.1 Å². The van der Waals surface area contributed by atoms with Gasteiger partial charge in [0.05, 0.1) is 7.11 Å². The second kappa shape index (κ2) is 7.27. The molecule has 100 valence electrons. The van der Waals surface area contributed by atoms with Crippen molar-refractivity contribution in [1.82, 2.24) is 4.90 Å². The summed E-state index contributed by atoms with van der Waals surface area (Å²) >= 11 is 5.64. The molecule has 0 heterocycles. The molecule has 0 N–H and O–H groups in total. The lowest BCUT2D eigenvalue weighted by atomic mass is 10.1. The van der Waals surface area contributed by atoms with Crippen LogP contribution in [0, 0.1) is 5.92 Å². The highest BCUT2D eigenvalue weighted by atomic mass is 35.5. The predicted octanol–water partition coefficient (Wildman–Crippen LogP) is 2.92. The van der Waals surface area contributed by atoms with Crippen molar-refractivity contribution < 1.29 is 9.53 Å². The fourth-order valence-corrected chi connectivity index (χ4v) is 1.94. The lowest BCUT2D eigenvalue weighted by Crippen LogP contribution is -2.34. The van der Waals surface area contributed by atoms with E-state index in [9.17, 15) is 4.79 Å². The zero-order valence-corrected chi connectivity index (χ0v) is 11.9. The number of carbonyl (C=O) groups is 1. The van der Waals surface area contributed by atoms with Gasteiger partial charge in [-0.2, -0.15) is 0 Å². The Balaban J connectivity index is 2.78. The number of hydrogen-bond acceptors (Lipinski definition) is 2. The minimum Gasteiger partial charge on any atom is -0.497 e. The maximum absolute atomic E-state index is 11.8. The summed E-state index contributed by atoms with van der Waals surface area (Å²) in [6.07, 6.45) is 0. The fraction of sp³-hybridized carbons (Fsp3) is 0.500. The first-order valence-corrected chi connectivity index (χ1v) is 6.57. The van der Waals surface area contributed by atoms with Gasteiger partial charge in [0.25, 0.3) is 0 Å². The Morgan fingerprint density at radius 3 is 2.72 bits per heavy atom. The van der Waals surface area contributed by atoms with Crippen molar-refractivity contribution in [3.05, 3.63) is 29.8 Å². The number of rotatable bonds is 6. The Labute approximate surface area is 114 Å². The van der Waals surface area contributed by atoms with E-state index >= 15 is 0 Å². The topological polar surface area (TPSA) is 29.5 Å². The highest BCUT2D eigenvalue weighted by Gasteiger charge is 2.14. The lowest BCUT2D eigenvalue weighted by Gasteiger charge is -2.24. The summed E-state index contributed by atoms with van der Waals surface area (Å²) in [4.78, 5) is 13.6. The highest BCUT2D eigenvalue weighted by molar-refractivity contribution is 6.27. The number of carbonyl (C=O) groups excluding carboxylic acids is 1. The van der Waals surface area contributed by atoms with Crippen LogP contribution in [0.4, 0.5) is 0 Å². The van der Waals surface area contributed by atoms with Crippen LogP contribution in [0.5, 0.6) is 5.75 Å². The van der Waals surface area contributed by atoms with Gasteiger partial charge in [-0.05, 0) is 23.6 Å². The number of benzene rings is 1. The van der Waals surface area contributed by atoms with Gasteiger partial charge in [0.15, 0.2) is 0 Å². The molecule has 0 radical (unpaired) electrons. The normalized spacial score (nSPS) is 10.5. The summed E-state index contributed by atoms with van der Waals surface area (Å²) in [6, 6.07) is 7.73. The smallest absolute Gasteiger partial charge is 0.237 e. The first-order valence-electron chi connectivity index (χ1n) is 6.03. The second-order valence-electron chi connectivity index (χ2n) is 4.65. The van der Waals surface area contributed by atoms with Crippen LogP contribution in [0.25, 0.3) is 0 Å². The molecular formula is C14H20ClNO2. The quantitative estimate of drug-likeness (QED) is 0.743. The number of halogens is 1. The fourth-order valence-electron chi connectivity index (χ4n) is 1.77. The van der Waals surface area contributed by atoms with Crippen molar-refractivity contribution >= 4 is 17.5 Å². The van der Waals surface area contributed by atoms with Crippen LogP contribution in [-0.2, 0) is 11.3 Å². The van der Waals surface area contributed by atoms with Gasteiger partial charge in [-0.3, -0.25) is 4.79 Å². The molecule has 0 aliphatic heterocycles. The van der Waals surface area contributed by atoms with E-state index in [0.717, 1.165) is 11.3 Å². The van der Waals surface area contributed by atoms with Crippen LogP contribution in [0.1, 0.15) is 19.4 Å². The minimum atomic E-state index is -0.0341. The summed E-state index contributed by atoms with van der Waals surface area (Å²) in [5.74, 6) is 1.21. The Morgan fingerprint density at radius 1 is 1.44 bits per heavy atom. The SMILES string of the molecule is COc1cccc(CN(CC(C)C)C(=O)CCl)c1. The Bertz CT molecular complexity index is 393. The van der Waals surface area contributed by atoms with Crippen LogP contribution < -0.4 is 4.74 Å². The maximum Gasteiger partial charge on any atom is 0.237 e. The van der Waals surface area contributed by atoms with Crippen molar-refractivity contribution in [3.63, 3.8) is 0 Å². The number of hydrogen-bond donors (Lipinski definition) is 0. The summed E-state index contributed by atoms with van der Waals surface area (Å²) in [5, 5.41) is 0. The van der Waals surface area contributed by atoms with Crippen LogP contribution in [0.3, 0.4) is 0 Å². The molecule has 4 heteroatoms. The standard InChI is InChI=1S/C14H20ClNO2/c1-11(2)9-16(14(17)8-15)10-12-5-4-6-13(7-12)18-3/h4-7,11H,8-10H2,1-3H3. The summed E-state index contributed by atoms with van der Waals surface area (Å²) in [7, 11) is 1.63. The van der Waals surface area contributed by atoms with E-state index in [2.05, 4.69) is 13.8 Å². The van der Waals surface area contributed by atoms with Gasteiger partial charge in [-0.15, -0.1) is 11.6 Å². The van der Waals surface area contributed by atoms with E-state index in [-0.39, 0.29) is 11.8 Å². The maximum atomic E-state index is 11.8. The van der Waals surface area contributed by atoms with Gasteiger partial charge in [-0.1, -0.05) is 26.0 Å². The number of ether oxygens (including phenoxy) is 1. The molecule has 1 aromatic carbocycles. The van der Waals surface area contributed by atoms with Gasteiger partial charge in [0.1, 0.15) is 11.6 Å². The Kier molecular flexibility index (Phi) is 5.99. The van der Waals surface area contributed by atoms with Crippen molar-refractivity contribution in [3.8, 4) is 5.75 Å². The molecule has 0 atom stereocenters. The van der Waals surface area contributed by atoms with Gasteiger partial charge >= 0.3 is 0 Å². The van der Waals surface area contributed by atoms with Crippen LogP contribution in [-0.4, -0.2) is 30.3 Å². The van der Waals surface area contributed by atoms with Crippen LogP contribution in [0.15, 0.2) is 24.3 Å². The van der Waals surface area contributed by atoms with E-state index in [1.807, 2.05) is 24.3 Å². The molecule has 0 aromatic heterocycles. The molecule has 3 nitrogen and oxygen atoms in total. The Hall–Kier alpha value is -1.22. The van der Waals surface area contributed by atoms with Crippen molar-refractivity contribution in [2.75, 3.05) is 19.5 Å². The van der Waals surface area contributed by atoms with Crippen LogP contribution >= 0.6 is 11.6 Å². The zero-order valence-electron chi connectivity index (χ0n) is 11.1. The predicted molar refractivity (Wildman–Crippen MR) is 74.0 cm³/mol. The molecule has 0 aliphatic rings. The number of alkyl halides is 1. The van der Waals surface area contributed by atoms with E-state index in [1.165, 1.54) is 0 Å². The zero-order chi connectivity index (χ0) is 13.5. The second-order valence-corrected chi connectivity index (χ2v) is 4.92. The van der Waals surface area contributed by atoms with Crippen LogP contribution in [0.2, 0.25) is 0 Å². The van der Waals surface area contributed by atoms with E-state index in [4.69, 9.17) is 16.3 Å². The van der Waals surface area contributed by atoms with E-state index in [1.54, 1.807) is 12.0 Å². The molecule has 1 aromatic rings. The average molecular weight is 270 g/mol. The molecule has 0 aliphatic carbocycles. The minimum absolute atomic E-state index is 0.0245. The third-order valence-electron chi connectivity index (χ3n) is 2.56. The van der Waals surface area contributed by atoms with Crippen molar-refractivity contribution in [2.24, 2.45) is 5.92 Å². The molecule has 18 heavy (non-hydrogen) atoms. The molecule has 1 rings (SSSR count). The largest absolute Gasteiger partial charge is 0.497 e. The molecule has 0 saturated heterocycles. The lowest BCUT2D eigenvalue weighted by molar-refractivity contribution is -0.129. The third kappa shape index (κ3) is 4.57. The number of nitrogens with zero attached hydrogens (tertiary/aromatic N) is 1. The van der Waals surface area contributed by atoms with Crippen molar-refractivity contribution in [1.29, 1.82) is 0 Å². The molecule has 0 unspecified atom stereocenters. The summed E-state index contributed by atoms with van der Waals surface area (Å²) < 4.78 is 5.17. The number of methoxy groups -OCH3 is 1. The molecular weight excluding hydrogens is 250 g/mol. The summed E-state index contributed by atoms with van der Waals surface area (Å²) in [5.41, 5.74) is 1.05. The highest BCUT2D eigenvalue weighted by Crippen LogP contribution is 2.15. The van der Waals surface area contributed by atoms with Gasteiger partial charge < -0.3 is 9.64 Å². The van der Waals surface area contributed by atoms with E-state index in [0.29, 0.717) is 19.0 Å². The monoisotopic (exact) mass is 269 g/mol. The molecule has 0 spiro atoms. The van der Waals surface area contributed by atoms with Crippen molar-refractivity contribution in [2.45, 2.75) is 20.4 Å². The first-order chi connectivity index (χ1) is 8.56. The molecule has 1 amide bonds. The average Bonchev–Trinajstić information content (AvgIpc) is 2.36. The molecule has 0 fully saturated rings. The van der Waals surface area contributed by atoms with Gasteiger partial charge in [-0.25, -0.2) is 0 Å².